The predicted octanol–water partition coefficient (Wildman–Crippen LogP) is 4.07. The Balaban J connectivity index is 1.74. The summed E-state index contributed by atoms with van der Waals surface area (Å²) in [5.41, 5.74) is -0.119. The predicted molar refractivity (Wildman–Crippen MR) is 111 cm³/mol. The number of nitrogens with one attached hydrogen (secondary N) is 2. The Hall–Kier alpha value is -2.78. The summed E-state index contributed by atoms with van der Waals surface area (Å²) in [4.78, 5) is 2.21. The Morgan fingerprint density at radius 2 is 1.60 bits per heavy atom. The van der Waals surface area contributed by atoms with Crippen molar-refractivity contribution < 1.29 is 21.6 Å². The van der Waals surface area contributed by atoms with Crippen molar-refractivity contribution in [1.29, 1.82) is 0 Å². The molecule has 0 bridgehead atoms. The van der Waals surface area contributed by atoms with E-state index in [1.807, 2.05) is 12.1 Å². The largest absolute Gasteiger partial charge is 0.416 e. The van der Waals surface area contributed by atoms with Crippen LogP contribution in [0.1, 0.15) is 5.56 Å². The first-order chi connectivity index (χ1) is 14.3. The number of alkyl halides is 3. The molecular formula is C21H20F3N3O2S. The summed E-state index contributed by atoms with van der Waals surface area (Å²) in [5, 5.41) is 4.59. The van der Waals surface area contributed by atoms with Crippen LogP contribution in [0.5, 0.6) is 0 Å². The summed E-state index contributed by atoms with van der Waals surface area (Å²) in [5.74, 6) is 0. The van der Waals surface area contributed by atoms with Crippen LogP contribution in [-0.4, -0.2) is 34.6 Å². The number of fused-ring (bicyclic) bond motifs is 1. The smallest absolute Gasteiger partial charge is 0.368 e. The fourth-order valence-electron chi connectivity index (χ4n) is 3.64. The molecule has 9 heteroatoms. The molecule has 4 rings (SSSR count). The Morgan fingerprint density at radius 3 is 2.30 bits per heavy atom. The number of hydrogen-bond acceptors (Lipinski definition) is 4. The van der Waals surface area contributed by atoms with E-state index >= 15 is 0 Å². The number of piperazine rings is 1. The molecule has 0 amide bonds. The van der Waals surface area contributed by atoms with E-state index in [4.69, 9.17) is 0 Å². The molecule has 5 nitrogen and oxygen atoms in total. The van der Waals surface area contributed by atoms with Crippen LogP contribution in [0.25, 0.3) is 10.8 Å². The second-order valence-electron chi connectivity index (χ2n) is 7.05. The third-order valence-electron chi connectivity index (χ3n) is 5.05. The number of benzene rings is 3. The van der Waals surface area contributed by atoms with Crippen molar-refractivity contribution in [3.63, 3.8) is 0 Å². The summed E-state index contributed by atoms with van der Waals surface area (Å²) >= 11 is 0. The van der Waals surface area contributed by atoms with Gasteiger partial charge in [-0.1, -0.05) is 30.3 Å². The van der Waals surface area contributed by atoms with Crippen LogP contribution < -0.4 is 14.9 Å². The van der Waals surface area contributed by atoms with Crippen molar-refractivity contribution in [2.24, 2.45) is 0 Å². The van der Waals surface area contributed by atoms with Crippen LogP contribution in [-0.2, 0) is 16.2 Å². The molecular weight excluding hydrogens is 415 g/mol. The lowest BCUT2D eigenvalue weighted by Gasteiger charge is -2.30. The highest BCUT2D eigenvalue weighted by Crippen LogP contribution is 2.34. The summed E-state index contributed by atoms with van der Waals surface area (Å²) in [6.07, 6.45) is -4.56. The van der Waals surface area contributed by atoms with Gasteiger partial charge in [0.25, 0.3) is 10.0 Å². The molecule has 30 heavy (non-hydrogen) atoms. The number of halogens is 3. The first-order valence-corrected chi connectivity index (χ1v) is 10.9. The first kappa shape index (κ1) is 20.5. The second kappa shape index (κ2) is 7.81. The van der Waals surface area contributed by atoms with E-state index in [-0.39, 0.29) is 10.6 Å². The molecule has 0 unspecified atom stereocenters. The highest BCUT2D eigenvalue weighted by molar-refractivity contribution is 7.93. The molecule has 0 saturated carbocycles. The monoisotopic (exact) mass is 435 g/mol. The van der Waals surface area contributed by atoms with Gasteiger partial charge in [-0.25, -0.2) is 8.42 Å². The maximum atomic E-state index is 13.0. The Morgan fingerprint density at radius 1 is 0.900 bits per heavy atom. The average molecular weight is 435 g/mol. The molecule has 0 aromatic heterocycles. The van der Waals surface area contributed by atoms with E-state index < -0.39 is 21.8 Å². The standard InChI is InChI=1S/C21H20F3N3O2S/c22-21(23,24)15-4-3-5-16(14-15)26-30(28,29)20-9-8-19(27-12-10-25-11-13-27)17-6-1-2-7-18(17)20/h1-9,14,25-26H,10-13H2. The molecule has 0 aliphatic carbocycles. The number of hydrogen-bond donors (Lipinski definition) is 2. The van der Waals surface area contributed by atoms with E-state index in [1.54, 1.807) is 18.2 Å². The van der Waals surface area contributed by atoms with Crippen LogP contribution in [0.15, 0.2) is 65.6 Å². The lowest BCUT2D eigenvalue weighted by molar-refractivity contribution is -0.137. The zero-order valence-corrected chi connectivity index (χ0v) is 16.7. The molecule has 3 aromatic carbocycles. The third-order valence-corrected chi connectivity index (χ3v) is 6.49. The van der Waals surface area contributed by atoms with Gasteiger partial charge in [0.15, 0.2) is 0 Å². The van der Waals surface area contributed by atoms with E-state index in [0.29, 0.717) is 5.39 Å². The first-order valence-electron chi connectivity index (χ1n) is 9.43. The third kappa shape index (κ3) is 4.08. The van der Waals surface area contributed by atoms with E-state index in [2.05, 4.69) is 14.9 Å². The van der Waals surface area contributed by atoms with Crippen LogP contribution in [0.4, 0.5) is 24.5 Å². The van der Waals surface area contributed by atoms with Gasteiger partial charge >= 0.3 is 6.18 Å². The van der Waals surface area contributed by atoms with Crippen molar-refractivity contribution in [1.82, 2.24) is 5.32 Å². The summed E-state index contributed by atoms with van der Waals surface area (Å²) in [7, 11) is -4.10. The molecule has 158 valence electrons. The van der Waals surface area contributed by atoms with Crippen molar-refractivity contribution in [2.45, 2.75) is 11.1 Å². The van der Waals surface area contributed by atoms with Crippen molar-refractivity contribution in [3.8, 4) is 0 Å². The van der Waals surface area contributed by atoms with Crippen LogP contribution in [0, 0.1) is 0 Å². The van der Waals surface area contributed by atoms with Gasteiger partial charge in [-0.3, -0.25) is 4.72 Å². The molecule has 1 aliphatic rings. The van der Waals surface area contributed by atoms with Crippen molar-refractivity contribution in [2.75, 3.05) is 35.8 Å². The van der Waals surface area contributed by atoms with Crippen LogP contribution in [0.3, 0.4) is 0 Å². The Bertz CT molecular complexity index is 1170. The fourth-order valence-corrected chi connectivity index (χ4v) is 4.90. The highest BCUT2D eigenvalue weighted by Gasteiger charge is 2.31. The van der Waals surface area contributed by atoms with Gasteiger partial charge in [0.2, 0.25) is 0 Å². The van der Waals surface area contributed by atoms with Gasteiger partial charge in [0.1, 0.15) is 0 Å². The lowest BCUT2D eigenvalue weighted by Crippen LogP contribution is -2.43. The minimum atomic E-state index is -4.56. The molecule has 3 aromatic rings. The van der Waals surface area contributed by atoms with Gasteiger partial charge in [-0.05, 0) is 30.3 Å². The molecule has 0 radical (unpaired) electrons. The molecule has 1 fully saturated rings. The zero-order valence-electron chi connectivity index (χ0n) is 15.9. The van der Waals surface area contributed by atoms with Gasteiger partial charge < -0.3 is 10.2 Å². The average Bonchev–Trinajstić information content (AvgIpc) is 2.73. The molecule has 2 N–H and O–H groups in total. The van der Waals surface area contributed by atoms with Crippen molar-refractivity contribution in [3.05, 3.63) is 66.2 Å². The quantitative estimate of drug-likeness (QED) is 0.649. The number of nitrogens with zero attached hydrogens (tertiary/aromatic N) is 1. The number of anilines is 2. The summed E-state index contributed by atoms with van der Waals surface area (Å²) in [6, 6.07) is 14.6. The van der Waals surface area contributed by atoms with E-state index in [1.165, 1.54) is 18.2 Å². The van der Waals surface area contributed by atoms with Crippen LogP contribution in [0.2, 0.25) is 0 Å². The highest BCUT2D eigenvalue weighted by atomic mass is 32.2. The summed E-state index contributed by atoms with van der Waals surface area (Å²) < 4.78 is 67.3. The van der Waals surface area contributed by atoms with Crippen molar-refractivity contribution >= 4 is 32.2 Å². The van der Waals surface area contributed by atoms with Gasteiger partial charge in [-0.15, -0.1) is 0 Å². The normalized spacial score (nSPS) is 15.4. The van der Waals surface area contributed by atoms with Gasteiger partial charge in [0.05, 0.1) is 10.5 Å². The SMILES string of the molecule is O=S(=O)(Nc1cccc(C(F)(F)F)c1)c1ccc(N2CCNCC2)c2ccccc12. The van der Waals surface area contributed by atoms with E-state index in [9.17, 15) is 21.6 Å². The minimum Gasteiger partial charge on any atom is -0.368 e. The second-order valence-corrected chi connectivity index (χ2v) is 8.70. The molecule has 1 heterocycles. The number of sulfonamides is 1. The molecule has 0 spiro atoms. The summed E-state index contributed by atoms with van der Waals surface area (Å²) in [6.45, 7) is 3.29. The Kier molecular flexibility index (Phi) is 5.33. The molecule has 0 atom stereocenters. The number of rotatable bonds is 4. The fraction of sp³-hybridized carbons (Fsp3) is 0.238. The minimum absolute atomic E-state index is 0.0226. The maximum absolute atomic E-state index is 13.0. The van der Waals surface area contributed by atoms with Gasteiger partial charge in [-0.2, -0.15) is 13.2 Å². The lowest BCUT2D eigenvalue weighted by atomic mass is 10.1. The van der Waals surface area contributed by atoms with E-state index in [0.717, 1.165) is 49.4 Å². The van der Waals surface area contributed by atoms with Crippen LogP contribution >= 0.6 is 0 Å². The maximum Gasteiger partial charge on any atom is 0.416 e. The topological polar surface area (TPSA) is 61.4 Å². The molecule has 1 saturated heterocycles. The Labute approximate surface area is 172 Å². The van der Waals surface area contributed by atoms with Gasteiger partial charge in [0, 0.05) is 48.3 Å². The molecule has 1 aliphatic heterocycles. The zero-order chi connectivity index (χ0) is 21.4.